The second-order valence-corrected chi connectivity index (χ2v) is 9.77. The van der Waals surface area contributed by atoms with Gasteiger partial charge in [-0.1, -0.05) is 42.5 Å². The molecule has 39 heavy (non-hydrogen) atoms. The molecular weight excluding hydrogens is 494 g/mol. The van der Waals surface area contributed by atoms with Gasteiger partial charge in [-0.15, -0.1) is 0 Å². The molecule has 2 aromatic heterocycles. The molecule has 6 rings (SSSR count). The molecule has 5 nitrogen and oxygen atoms in total. The number of hydrogen-bond donors (Lipinski definition) is 2. The number of hydrogen-bond acceptors (Lipinski definition) is 3. The summed E-state index contributed by atoms with van der Waals surface area (Å²) in [5, 5.41) is 10.4. The number of aromatic amines is 2. The van der Waals surface area contributed by atoms with Crippen LogP contribution >= 0.6 is 0 Å². The summed E-state index contributed by atoms with van der Waals surface area (Å²) in [6.45, 7) is 1.95. The Morgan fingerprint density at radius 3 is 2.10 bits per heavy atom. The molecule has 2 N–H and O–H groups in total. The summed E-state index contributed by atoms with van der Waals surface area (Å²) >= 11 is 0. The van der Waals surface area contributed by atoms with Gasteiger partial charge in [0.25, 0.3) is 5.56 Å². The summed E-state index contributed by atoms with van der Waals surface area (Å²) in [7, 11) is 0. The number of nitrogens with zero attached hydrogens (tertiary/aromatic N) is 2. The molecule has 6 aromatic rings. The van der Waals surface area contributed by atoms with Gasteiger partial charge in [0.2, 0.25) is 0 Å². The molecule has 2 heterocycles. The molecule has 0 aliphatic heterocycles. The number of aromatic nitrogens is 3. The molecule has 4 aromatic carbocycles. The molecule has 0 saturated carbocycles. The maximum atomic E-state index is 13.5. The first-order valence-corrected chi connectivity index (χ1v) is 12.8. The molecule has 0 bridgehead atoms. The zero-order valence-corrected chi connectivity index (χ0v) is 21.1. The second kappa shape index (κ2) is 10.6. The normalized spacial score (nSPS) is 11.6. The Labute approximate surface area is 223 Å². The number of benzene rings is 4. The topological polar surface area (TPSA) is 64.8 Å². The van der Waals surface area contributed by atoms with Crippen LogP contribution in [0.15, 0.2) is 102 Å². The largest absolute Gasteiger partial charge is 0.329 e. The van der Waals surface area contributed by atoms with E-state index in [9.17, 15) is 13.6 Å². The van der Waals surface area contributed by atoms with Crippen molar-refractivity contribution in [1.82, 2.24) is 20.1 Å². The molecule has 0 unspecified atom stereocenters. The maximum absolute atomic E-state index is 13.5. The summed E-state index contributed by atoms with van der Waals surface area (Å²) < 4.78 is 27.0. The standard InChI is InChI=1S/C32H26F2N4O/c33-27-6-1-21(2-7-27)19-38(20-22-3-8-28(34)9-4-22)14-12-24-15-25-11-13-35-32(39)31(25)30-16-23(5-10-29(24)30)26-17-36-37-18-26/h1-11,13,15-18H,12,14,19-20H2,(H,35,39)(H,36,37). The minimum absolute atomic E-state index is 0.123. The summed E-state index contributed by atoms with van der Waals surface area (Å²) in [5.74, 6) is -0.535. The van der Waals surface area contributed by atoms with Crippen LogP contribution < -0.4 is 5.56 Å². The lowest BCUT2D eigenvalue weighted by atomic mass is 9.94. The third-order valence-corrected chi connectivity index (χ3v) is 7.13. The smallest absolute Gasteiger partial charge is 0.256 e. The molecule has 0 radical (unpaired) electrons. The van der Waals surface area contributed by atoms with Gasteiger partial charge >= 0.3 is 0 Å². The van der Waals surface area contributed by atoms with Crippen molar-refractivity contribution in [2.75, 3.05) is 6.54 Å². The van der Waals surface area contributed by atoms with Crippen molar-refractivity contribution in [2.24, 2.45) is 0 Å². The summed E-state index contributed by atoms with van der Waals surface area (Å²) in [5.41, 5.74) is 4.93. The number of halogens is 2. The van der Waals surface area contributed by atoms with Crippen molar-refractivity contribution < 1.29 is 8.78 Å². The van der Waals surface area contributed by atoms with Crippen LogP contribution in [-0.4, -0.2) is 26.6 Å². The van der Waals surface area contributed by atoms with Crippen LogP contribution in [0, 0.1) is 11.6 Å². The highest BCUT2D eigenvalue weighted by Gasteiger charge is 2.14. The van der Waals surface area contributed by atoms with E-state index in [1.54, 1.807) is 36.7 Å². The molecule has 0 amide bonds. The van der Waals surface area contributed by atoms with Crippen LogP contribution in [-0.2, 0) is 19.5 Å². The van der Waals surface area contributed by atoms with Crippen molar-refractivity contribution in [3.63, 3.8) is 0 Å². The lowest BCUT2D eigenvalue weighted by molar-refractivity contribution is 0.260. The van der Waals surface area contributed by atoms with E-state index in [0.29, 0.717) is 25.0 Å². The Bertz CT molecular complexity index is 1750. The zero-order chi connectivity index (χ0) is 26.8. The molecule has 7 heteroatoms. The maximum Gasteiger partial charge on any atom is 0.256 e. The van der Waals surface area contributed by atoms with Crippen molar-refractivity contribution >= 4 is 21.5 Å². The zero-order valence-electron chi connectivity index (χ0n) is 21.1. The average molecular weight is 521 g/mol. The van der Waals surface area contributed by atoms with Gasteiger partial charge in [0.15, 0.2) is 0 Å². The minimum atomic E-state index is -0.267. The van der Waals surface area contributed by atoms with Crippen LogP contribution in [0.4, 0.5) is 8.78 Å². The van der Waals surface area contributed by atoms with E-state index >= 15 is 0 Å². The SMILES string of the molecule is O=c1[nH]ccc2cc(CCN(Cc3ccc(F)cc3)Cc3ccc(F)cc3)c3ccc(-c4cn[nH]c4)cc3c12. The molecular formula is C32H26F2N4O. The lowest BCUT2D eigenvalue weighted by Gasteiger charge is -2.23. The first-order chi connectivity index (χ1) is 19.0. The Kier molecular flexibility index (Phi) is 6.73. The van der Waals surface area contributed by atoms with Crippen molar-refractivity contribution in [3.8, 4) is 11.1 Å². The second-order valence-electron chi connectivity index (χ2n) is 9.77. The van der Waals surface area contributed by atoms with E-state index in [0.717, 1.165) is 50.4 Å². The predicted octanol–water partition coefficient (Wildman–Crippen LogP) is 6.59. The van der Waals surface area contributed by atoms with Gasteiger partial charge in [0, 0.05) is 37.6 Å². The first-order valence-electron chi connectivity index (χ1n) is 12.8. The van der Waals surface area contributed by atoms with Gasteiger partial charge in [-0.25, -0.2) is 8.78 Å². The average Bonchev–Trinajstić information content (AvgIpc) is 3.49. The molecule has 0 atom stereocenters. The van der Waals surface area contributed by atoms with E-state index in [1.165, 1.54) is 24.3 Å². The molecule has 0 aliphatic rings. The highest BCUT2D eigenvalue weighted by molar-refractivity contribution is 6.09. The Balaban J connectivity index is 1.36. The van der Waals surface area contributed by atoms with E-state index in [-0.39, 0.29) is 17.2 Å². The summed E-state index contributed by atoms with van der Waals surface area (Å²) in [4.78, 5) is 18.0. The van der Waals surface area contributed by atoms with Gasteiger partial charge in [-0.3, -0.25) is 14.8 Å². The van der Waals surface area contributed by atoms with E-state index in [4.69, 9.17) is 0 Å². The molecule has 0 saturated heterocycles. The van der Waals surface area contributed by atoms with Gasteiger partial charge in [-0.2, -0.15) is 5.10 Å². The number of fused-ring (bicyclic) bond motifs is 3. The fourth-order valence-electron chi connectivity index (χ4n) is 5.17. The van der Waals surface area contributed by atoms with Gasteiger partial charge in [0.05, 0.1) is 11.6 Å². The van der Waals surface area contributed by atoms with E-state index in [1.807, 2.05) is 12.3 Å². The minimum Gasteiger partial charge on any atom is -0.329 e. The third kappa shape index (κ3) is 5.35. The number of H-pyrrole nitrogens is 2. The fourth-order valence-corrected chi connectivity index (χ4v) is 5.17. The van der Waals surface area contributed by atoms with Gasteiger partial charge < -0.3 is 4.98 Å². The van der Waals surface area contributed by atoms with Crippen LogP contribution in [0.1, 0.15) is 16.7 Å². The van der Waals surface area contributed by atoms with E-state index < -0.39 is 0 Å². The quantitative estimate of drug-likeness (QED) is 0.223. The molecule has 0 aliphatic carbocycles. The lowest BCUT2D eigenvalue weighted by Crippen LogP contribution is -2.25. The Morgan fingerprint density at radius 2 is 1.46 bits per heavy atom. The van der Waals surface area contributed by atoms with Crippen LogP contribution in [0.3, 0.4) is 0 Å². The molecule has 0 spiro atoms. The number of rotatable bonds is 8. The number of nitrogens with one attached hydrogen (secondary N) is 2. The van der Waals surface area contributed by atoms with Crippen molar-refractivity contribution in [1.29, 1.82) is 0 Å². The van der Waals surface area contributed by atoms with Gasteiger partial charge in [-0.05, 0) is 81.2 Å². The predicted molar refractivity (Wildman–Crippen MR) is 150 cm³/mol. The third-order valence-electron chi connectivity index (χ3n) is 7.13. The van der Waals surface area contributed by atoms with E-state index in [2.05, 4.69) is 44.3 Å². The summed E-state index contributed by atoms with van der Waals surface area (Å²) in [6.07, 6.45) is 6.00. The van der Waals surface area contributed by atoms with Crippen LogP contribution in [0.2, 0.25) is 0 Å². The van der Waals surface area contributed by atoms with Crippen molar-refractivity contribution in [2.45, 2.75) is 19.5 Å². The first kappa shape index (κ1) is 24.7. The molecule has 0 fully saturated rings. The van der Waals surface area contributed by atoms with Crippen LogP contribution in [0.5, 0.6) is 0 Å². The fraction of sp³-hybridized carbons (Fsp3) is 0.125. The Hall–Kier alpha value is -4.62. The highest BCUT2D eigenvalue weighted by atomic mass is 19.1. The monoisotopic (exact) mass is 520 g/mol. The van der Waals surface area contributed by atoms with Gasteiger partial charge in [0.1, 0.15) is 11.6 Å². The number of pyridine rings is 1. The van der Waals surface area contributed by atoms with Crippen LogP contribution in [0.25, 0.3) is 32.7 Å². The molecule has 194 valence electrons. The highest BCUT2D eigenvalue weighted by Crippen LogP contribution is 2.31. The Morgan fingerprint density at radius 1 is 0.769 bits per heavy atom. The van der Waals surface area contributed by atoms with Crippen molar-refractivity contribution in [3.05, 3.63) is 136 Å². The summed E-state index contributed by atoms with van der Waals surface area (Å²) in [6, 6.07) is 23.3.